The second-order valence-electron chi connectivity index (χ2n) is 15.7. The van der Waals surface area contributed by atoms with Gasteiger partial charge in [-0.05, 0) is 99.0 Å². The zero-order valence-corrected chi connectivity index (χ0v) is 35.8. The Morgan fingerprint density at radius 1 is 0.836 bits per heavy atom. The summed E-state index contributed by atoms with van der Waals surface area (Å²) < 4.78 is 29.4. The fourth-order valence-corrected chi connectivity index (χ4v) is 10.1. The molecule has 0 spiro atoms. The van der Waals surface area contributed by atoms with Crippen LogP contribution in [0.4, 0.5) is 28.8 Å². The second kappa shape index (κ2) is 17.9. The molecule has 1 unspecified atom stereocenters. The number of halogens is 1. The SMILES string of the molecule is COc1cc(N2CCC(CN3CCC(c4ccc5c(c4)C(=O)N(C4CCC(=O)NC4=O)C5=O)CC3)CC2)ccc1Nc1ncc(Cl)c(Nc2ccccc2P(=O)(OC)OC)n1. The van der Waals surface area contributed by atoms with E-state index in [-0.39, 0.29) is 29.7 Å². The van der Waals surface area contributed by atoms with Crippen LogP contribution in [0, 0.1) is 5.92 Å². The van der Waals surface area contributed by atoms with Crippen LogP contribution in [0.1, 0.15) is 70.7 Å². The van der Waals surface area contributed by atoms with Crippen molar-refractivity contribution in [1.29, 1.82) is 0 Å². The van der Waals surface area contributed by atoms with Gasteiger partial charge in [-0.15, -0.1) is 0 Å². The highest BCUT2D eigenvalue weighted by molar-refractivity contribution is 7.62. The number of rotatable bonds is 13. The average Bonchev–Trinajstić information content (AvgIpc) is 3.53. The van der Waals surface area contributed by atoms with Gasteiger partial charge in [0.2, 0.25) is 17.8 Å². The van der Waals surface area contributed by atoms with Crippen LogP contribution < -0.4 is 30.9 Å². The molecular formula is C43H48ClN8O8P. The van der Waals surface area contributed by atoms with Gasteiger partial charge in [-0.1, -0.05) is 29.8 Å². The van der Waals surface area contributed by atoms with Gasteiger partial charge in [0.25, 0.3) is 11.8 Å². The number of methoxy groups -OCH3 is 1. The van der Waals surface area contributed by atoms with Crippen molar-refractivity contribution < 1.29 is 37.5 Å². The number of hydrogen-bond donors (Lipinski definition) is 3. The predicted molar refractivity (Wildman–Crippen MR) is 231 cm³/mol. The Kier molecular flexibility index (Phi) is 12.4. The Labute approximate surface area is 358 Å². The summed E-state index contributed by atoms with van der Waals surface area (Å²) in [7, 11) is 0.709. The van der Waals surface area contributed by atoms with Gasteiger partial charge in [-0.2, -0.15) is 4.98 Å². The van der Waals surface area contributed by atoms with Gasteiger partial charge in [0.1, 0.15) is 16.8 Å². The quantitative estimate of drug-likeness (QED) is 0.101. The molecule has 18 heteroatoms. The largest absolute Gasteiger partial charge is 0.494 e. The maximum Gasteiger partial charge on any atom is 0.362 e. The van der Waals surface area contributed by atoms with E-state index in [1.165, 1.54) is 20.4 Å². The summed E-state index contributed by atoms with van der Waals surface area (Å²) in [6, 6.07) is 17.5. The molecule has 0 radical (unpaired) electrons. The first-order valence-electron chi connectivity index (χ1n) is 20.4. The Morgan fingerprint density at radius 2 is 1.57 bits per heavy atom. The number of ether oxygens (including phenoxy) is 1. The van der Waals surface area contributed by atoms with Crippen molar-refractivity contribution in [2.24, 2.45) is 5.92 Å². The number of likely N-dealkylation sites (tertiary alicyclic amines) is 1. The van der Waals surface area contributed by atoms with Gasteiger partial charge < -0.3 is 34.2 Å². The van der Waals surface area contributed by atoms with Crippen LogP contribution in [0.3, 0.4) is 0 Å². The van der Waals surface area contributed by atoms with Crippen LogP contribution >= 0.6 is 19.2 Å². The summed E-state index contributed by atoms with van der Waals surface area (Å²) in [6.07, 6.45) is 5.74. The Hall–Kier alpha value is -5.38. The number of anilines is 5. The number of imide groups is 2. The minimum Gasteiger partial charge on any atom is -0.494 e. The second-order valence-corrected chi connectivity index (χ2v) is 18.3. The molecule has 3 aromatic carbocycles. The third-order valence-electron chi connectivity index (χ3n) is 12.1. The van der Waals surface area contributed by atoms with Crippen molar-refractivity contribution in [3.05, 3.63) is 88.6 Å². The number of nitrogens with zero attached hydrogens (tertiary/aromatic N) is 5. The Morgan fingerprint density at radius 3 is 2.30 bits per heavy atom. The van der Waals surface area contributed by atoms with Crippen LogP contribution in [-0.4, -0.2) is 103 Å². The lowest BCUT2D eigenvalue weighted by atomic mass is 9.87. The van der Waals surface area contributed by atoms with E-state index in [4.69, 9.17) is 25.4 Å². The highest BCUT2D eigenvalue weighted by atomic mass is 35.5. The highest BCUT2D eigenvalue weighted by Crippen LogP contribution is 2.47. The normalized spacial score (nSPS) is 19.2. The monoisotopic (exact) mass is 870 g/mol. The summed E-state index contributed by atoms with van der Waals surface area (Å²) in [6.45, 7) is 4.78. The van der Waals surface area contributed by atoms with Crippen molar-refractivity contribution in [2.75, 3.05) is 69.6 Å². The number of benzene rings is 3. The smallest absolute Gasteiger partial charge is 0.362 e. The number of carbonyl (C=O) groups is 4. The first kappa shape index (κ1) is 42.3. The predicted octanol–water partition coefficient (Wildman–Crippen LogP) is 6.23. The molecule has 0 saturated carbocycles. The molecule has 1 aromatic heterocycles. The number of nitrogens with one attached hydrogen (secondary N) is 3. The molecule has 4 aliphatic rings. The van der Waals surface area contributed by atoms with Gasteiger partial charge in [0.15, 0.2) is 5.82 Å². The van der Waals surface area contributed by atoms with E-state index in [9.17, 15) is 23.7 Å². The highest BCUT2D eigenvalue weighted by Gasteiger charge is 2.45. The third-order valence-corrected chi connectivity index (χ3v) is 14.3. The molecule has 3 fully saturated rings. The molecule has 0 bridgehead atoms. The fourth-order valence-electron chi connectivity index (χ4n) is 8.76. The minimum atomic E-state index is -3.57. The van der Waals surface area contributed by atoms with E-state index in [2.05, 4.69) is 41.8 Å². The van der Waals surface area contributed by atoms with E-state index in [1.807, 2.05) is 24.3 Å². The lowest BCUT2D eigenvalue weighted by Crippen LogP contribution is -2.54. The third kappa shape index (κ3) is 8.73. The molecule has 16 nitrogen and oxygen atoms in total. The van der Waals surface area contributed by atoms with E-state index in [1.54, 1.807) is 37.4 Å². The molecular weight excluding hydrogens is 823 g/mol. The van der Waals surface area contributed by atoms with Crippen molar-refractivity contribution in [1.82, 2.24) is 25.1 Å². The standard InChI is InChI=1S/C43H48ClN8O8P/c1-58-36-23-29(9-11-33(36)47-43-45-24-32(44)39(49-43)46-34-6-4-5-7-37(34)61(57,59-2)60-3)51-20-14-26(15-21-51)25-50-18-16-27(17-19-50)28-8-10-30-31(22-28)42(56)52(41(30)55)35-12-13-38(53)48-40(35)54/h4-11,22-24,26-27,35H,12-21,25H2,1-3H3,(H,48,53,54)(H2,45,46,47,49). The fraction of sp³-hybridized carbons (Fsp3) is 0.395. The molecule has 4 amide bonds. The summed E-state index contributed by atoms with van der Waals surface area (Å²) in [4.78, 5) is 65.6. The zero-order chi connectivity index (χ0) is 42.8. The average molecular weight is 871 g/mol. The van der Waals surface area contributed by atoms with Crippen LogP contribution in [-0.2, 0) is 23.2 Å². The molecule has 320 valence electrons. The summed E-state index contributed by atoms with van der Waals surface area (Å²) in [5, 5.41) is 9.24. The molecule has 1 atom stereocenters. The van der Waals surface area contributed by atoms with E-state index in [0.29, 0.717) is 45.3 Å². The van der Waals surface area contributed by atoms with Gasteiger partial charge in [-0.3, -0.25) is 34.0 Å². The summed E-state index contributed by atoms with van der Waals surface area (Å²) in [5.41, 5.74) is 3.90. The van der Waals surface area contributed by atoms with Crippen molar-refractivity contribution >= 4 is 77.0 Å². The minimum absolute atomic E-state index is 0.0932. The number of carbonyl (C=O) groups excluding carboxylic acids is 4. The molecule has 3 saturated heterocycles. The van der Waals surface area contributed by atoms with Crippen LogP contribution in [0.2, 0.25) is 5.02 Å². The number of para-hydroxylation sites is 1. The first-order chi connectivity index (χ1) is 29.5. The molecule has 5 heterocycles. The molecule has 4 aliphatic heterocycles. The Balaban J connectivity index is 0.835. The van der Waals surface area contributed by atoms with Crippen molar-refractivity contribution in [2.45, 2.75) is 50.5 Å². The molecule has 3 N–H and O–H groups in total. The van der Waals surface area contributed by atoms with Gasteiger partial charge in [-0.25, -0.2) is 4.98 Å². The van der Waals surface area contributed by atoms with Gasteiger partial charge in [0.05, 0.1) is 41.1 Å². The lowest BCUT2D eigenvalue weighted by Gasteiger charge is -2.38. The van der Waals surface area contributed by atoms with Crippen molar-refractivity contribution in [3.63, 3.8) is 0 Å². The summed E-state index contributed by atoms with van der Waals surface area (Å²) in [5.74, 6) is 0.115. The van der Waals surface area contributed by atoms with Crippen molar-refractivity contribution in [3.8, 4) is 5.75 Å². The van der Waals surface area contributed by atoms with E-state index < -0.39 is 37.3 Å². The topological polar surface area (TPSA) is 185 Å². The summed E-state index contributed by atoms with van der Waals surface area (Å²) >= 11 is 6.48. The van der Waals surface area contributed by atoms with Crippen LogP contribution in [0.5, 0.6) is 5.75 Å². The zero-order valence-electron chi connectivity index (χ0n) is 34.2. The van der Waals surface area contributed by atoms with E-state index in [0.717, 1.165) is 74.6 Å². The number of fused-ring (bicyclic) bond motifs is 1. The molecule has 61 heavy (non-hydrogen) atoms. The molecule has 8 rings (SSSR count). The Bertz CT molecular complexity index is 2400. The molecule has 0 aliphatic carbocycles. The number of amides is 4. The number of piperidine rings is 3. The first-order valence-corrected chi connectivity index (χ1v) is 22.3. The van der Waals surface area contributed by atoms with Crippen LogP contribution in [0.15, 0.2) is 66.9 Å². The maximum atomic E-state index is 13.4. The maximum absolute atomic E-state index is 13.4. The van der Waals surface area contributed by atoms with Crippen LogP contribution in [0.25, 0.3) is 0 Å². The number of aromatic nitrogens is 2. The lowest BCUT2D eigenvalue weighted by molar-refractivity contribution is -0.136. The van der Waals surface area contributed by atoms with Gasteiger partial charge in [0, 0.05) is 52.0 Å². The van der Waals surface area contributed by atoms with Gasteiger partial charge >= 0.3 is 7.60 Å². The van der Waals surface area contributed by atoms with E-state index >= 15 is 0 Å². The molecule has 4 aromatic rings. The number of hydrogen-bond acceptors (Lipinski definition) is 14.